The van der Waals surface area contributed by atoms with Crippen LogP contribution in [0.15, 0.2) is 0 Å². The van der Waals surface area contributed by atoms with E-state index in [0.29, 0.717) is 6.04 Å². The maximum atomic E-state index is 6.09. The molecule has 1 saturated carbocycles. The molecule has 1 aliphatic heterocycles. The normalized spacial score (nSPS) is 34.8. The SMILES string of the molecule is CN1CCN(CCC2CCCC2N)CC1. The van der Waals surface area contributed by atoms with Gasteiger partial charge in [0.15, 0.2) is 0 Å². The van der Waals surface area contributed by atoms with Crippen LogP contribution in [-0.2, 0) is 0 Å². The maximum Gasteiger partial charge on any atom is 0.0110 e. The highest BCUT2D eigenvalue weighted by Crippen LogP contribution is 2.26. The molecule has 2 atom stereocenters. The molecule has 1 saturated heterocycles. The number of nitrogens with zero attached hydrogens (tertiary/aromatic N) is 2. The third kappa shape index (κ3) is 3.16. The van der Waals surface area contributed by atoms with Crippen LogP contribution >= 0.6 is 0 Å². The van der Waals surface area contributed by atoms with E-state index in [2.05, 4.69) is 16.8 Å². The molecule has 0 aromatic carbocycles. The lowest BCUT2D eigenvalue weighted by Gasteiger charge is -2.33. The third-order valence-corrected chi connectivity index (χ3v) is 4.13. The zero-order chi connectivity index (χ0) is 10.7. The minimum absolute atomic E-state index is 0.498. The molecule has 2 aliphatic rings. The molecule has 0 spiro atoms. The Bertz CT molecular complexity index is 187. The number of hydrogen-bond donors (Lipinski definition) is 1. The molecule has 2 unspecified atom stereocenters. The zero-order valence-corrected chi connectivity index (χ0v) is 9.99. The van der Waals surface area contributed by atoms with Crippen molar-refractivity contribution in [2.75, 3.05) is 39.8 Å². The van der Waals surface area contributed by atoms with Crippen molar-refractivity contribution in [2.45, 2.75) is 31.7 Å². The van der Waals surface area contributed by atoms with E-state index in [9.17, 15) is 0 Å². The van der Waals surface area contributed by atoms with Crippen molar-refractivity contribution in [1.82, 2.24) is 9.80 Å². The van der Waals surface area contributed by atoms with Crippen LogP contribution in [0.3, 0.4) is 0 Å². The Kier molecular flexibility index (Phi) is 4.00. The Morgan fingerprint density at radius 2 is 1.87 bits per heavy atom. The topological polar surface area (TPSA) is 32.5 Å². The fraction of sp³-hybridized carbons (Fsp3) is 1.00. The van der Waals surface area contributed by atoms with Crippen LogP contribution in [-0.4, -0.2) is 55.6 Å². The van der Waals surface area contributed by atoms with Crippen LogP contribution in [0.5, 0.6) is 0 Å². The van der Waals surface area contributed by atoms with Gasteiger partial charge in [0.05, 0.1) is 0 Å². The molecule has 0 aromatic heterocycles. The molecule has 0 bridgehead atoms. The van der Waals surface area contributed by atoms with Crippen LogP contribution in [0.25, 0.3) is 0 Å². The first-order valence-electron chi connectivity index (χ1n) is 6.42. The van der Waals surface area contributed by atoms with E-state index in [-0.39, 0.29) is 0 Å². The molecule has 88 valence electrons. The van der Waals surface area contributed by atoms with E-state index in [4.69, 9.17) is 5.73 Å². The third-order valence-electron chi connectivity index (χ3n) is 4.13. The number of likely N-dealkylation sites (N-methyl/N-ethyl adjacent to an activating group) is 1. The fourth-order valence-corrected chi connectivity index (χ4v) is 2.84. The molecule has 1 heterocycles. The molecule has 0 aromatic rings. The molecule has 0 amide bonds. The van der Waals surface area contributed by atoms with Crippen LogP contribution in [0, 0.1) is 5.92 Å². The summed E-state index contributed by atoms with van der Waals surface area (Å²) in [6.07, 6.45) is 5.31. The molecular weight excluding hydrogens is 186 g/mol. The van der Waals surface area contributed by atoms with E-state index in [1.54, 1.807) is 0 Å². The fourth-order valence-electron chi connectivity index (χ4n) is 2.84. The summed E-state index contributed by atoms with van der Waals surface area (Å²) >= 11 is 0. The first kappa shape index (κ1) is 11.4. The highest BCUT2D eigenvalue weighted by atomic mass is 15.2. The van der Waals surface area contributed by atoms with Crippen molar-refractivity contribution in [2.24, 2.45) is 11.7 Å². The minimum atomic E-state index is 0.498. The molecule has 15 heavy (non-hydrogen) atoms. The Hall–Kier alpha value is -0.120. The van der Waals surface area contributed by atoms with Crippen molar-refractivity contribution >= 4 is 0 Å². The summed E-state index contributed by atoms with van der Waals surface area (Å²) in [7, 11) is 2.21. The Labute approximate surface area is 93.6 Å². The average molecular weight is 211 g/mol. The molecule has 2 fully saturated rings. The van der Waals surface area contributed by atoms with E-state index in [1.807, 2.05) is 0 Å². The van der Waals surface area contributed by atoms with E-state index in [1.165, 1.54) is 58.4 Å². The van der Waals surface area contributed by atoms with Crippen LogP contribution in [0.4, 0.5) is 0 Å². The van der Waals surface area contributed by atoms with Gasteiger partial charge in [0.25, 0.3) is 0 Å². The van der Waals surface area contributed by atoms with Gasteiger partial charge in [-0.3, -0.25) is 0 Å². The standard InChI is InChI=1S/C12H25N3/c1-14-7-9-15(10-8-14)6-5-11-3-2-4-12(11)13/h11-12H,2-10,13H2,1H3. The number of nitrogens with two attached hydrogens (primary N) is 1. The van der Waals surface area contributed by atoms with Gasteiger partial charge in [-0.25, -0.2) is 0 Å². The Balaban J connectivity index is 1.65. The van der Waals surface area contributed by atoms with Gasteiger partial charge in [0, 0.05) is 32.2 Å². The van der Waals surface area contributed by atoms with E-state index < -0.39 is 0 Å². The summed E-state index contributed by atoms with van der Waals surface area (Å²) in [6.45, 7) is 6.23. The zero-order valence-electron chi connectivity index (χ0n) is 9.99. The second kappa shape index (κ2) is 5.28. The lowest BCUT2D eigenvalue weighted by atomic mass is 10.00. The number of piperazine rings is 1. The van der Waals surface area contributed by atoms with Crippen molar-refractivity contribution in [1.29, 1.82) is 0 Å². The predicted molar refractivity (Wildman–Crippen MR) is 63.9 cm³/mol. The highest BCUT2D eigenvalue weighted by molar-refractivity contribution is 4.81. The van der Waals surface area contributed by atoms with Crippen molar-refractivity contribution < 1.29 is 0 Å². The summed E-state index contributed by atoms with van der Waals surface area (Å²) in [6, 6.07) is 0.498. The van der Waals surface area contributed by atoms with Gasteiger partial charge >= 0.3 is 0 Å². The quantitative estimate of drug-likeness (QED) is 0.748. The molecule has 3 heteroatoms. The highest BCUT2D eigenvalue weighted by Gasteiger charge is 2.24. The summed E-state index contributed by atoms with van der Waals surface area (Å²) in [5.41, 5.74) is 6.09. The summed E-state index contributed by atoms with van der Waals surface area (Å²) < 4.78 is 0. The second-order valence-electron chi connectivity index (χ2n) is 5.29. The minimum Gasteiger partial charge on any atom is -0.327 e. The molecule has 1 aliphatic carbocycles. The summed E-state index contributed by atoms with van der Waals surface area (Å²) in [5, 5.41) is 0. The molecule has 2 N–H and O–H groups in total. The van der Waals surface area contributed by atoms with Gasteiger partial charge in [-0.05, 0) is 38.8 Å². The molecular formula is C12H25N3. The summed E-state index contributed by atoms with van der Waals surface area (Å²) in [5.74, 6) is 0.810. The lowest BCUT2D eigenvalue weighted by molar-refractivity contribution is 0.145. The lowest BCUT2D eigenvalue weighted by Crippen LogP contribution is -2.45. The van der Waals surface area contributed by atoms with Crippen LogP contribution in [0.2, 0.25) is 0 Å². The second-order valence-corrected chi connectivity index (χ2v) is 5.29. The van der Waals surface area contributed by atoms with Crippen molar-refractivity contribution in [3.05, 3.63) is 0 Å². The van der Waals surface area contributed by atoms with E-state index >= 15 is 0 Å². The van der Waals surface area contributed by atoms with Crippen LogP contribution < -0.4 is 5.73 Å². The smallest absolute Gasteiger partial charge is 0.0110 e. The molecule has 3 nitrogen and oxygen atoms in total. The Morgan fingerprint density at radius 1 is 1.13 bits per heavy atom. The largest absolute Gasteiger partial charge is 0.327 e. The predicted octanol–water partition coefficient (Wildman–Crippen LogP) is 0.751. The summed E-state index contributed by atoms with van der Waals surface area (Å²) in [4.78, 5) is 5.02. The Morgan fingerprint density at radius 3 is 2.47 bits per heavy atom. The van der Waals surface area contributed by atoms with Crippen molar-refractivity contribution in [3.63, 3.8) is 0 Å². The number of hydrogen-bond acceptors (Lipinski definition) is 3. The number of rotatable bonds is 3. The van der Waals surface area contributed by atoms with Crippen molar-refractivity contribution in [3.8, 4) is 0 Å². The van der Waals surface area contributed by atoms with Gasteiger partial charge in [0.1, 0.15) is 0 Å². The van der Waals surface area contributed by atoms with Gasteiger partial charge < -0.3 is 15.5 Å². The van der Waals surface area contributed by atoms with Gasteiger partial charge in [0.2, 0.25) is 0 Å². The van der Waals surface area contributed by atoms with E-state index in [0.717, 1.165) is 5.92 Å². The van der Waals surface area contributed by atoms with Crippen LogP contribution in [0.1, 0.15) is 25.7 Å². The first-order valence-corrected chi connectivity index (χ1v) is 6.42. The maximum absolute atomic E-state index is 6.09. The first-order chi connectivity index (χ1) is 7.25. The van der Waals surface area contributed by atoms with Gasteiger partial charge in [-0.15, -0.1) is 0 Å². The average Bonchev–Trinajstić information content (AvgIpc) is 2.63. The van der Waals surface area contributed by atoms with Gasteiger partial charge in [-0.2, -0.15) is 0 Å². The molecule has 2 rings (SSSR count). The van der Waals surface area contributed by atoms with Gasteiger partial charge in [-0.1, -0.05) is 6.42 Å². The monoisotopic (exact) mass is 211 g/mol. The molecule has 0 radical (unpaired) electrons.